The number of hydrogen-bond acceptors (Lipinski definition) is 5. The molecule has 6 heteroatoms. The van der Waals surface area contributed by atoms with E-state index in [1.165, 1.54) is 19.3 Å². The highest BCUT2D eigenvalue weighted by Gasteiger charge is 2.29. The number of rotatable bonds is 4. The predicted molar refractivity (Wildman–Crippen MR) is 93.2 cm³/mol. The molecule has 0 radical (unpaired) electrons. The highest BCUT2D eigenvalue weighted by molar-refractivity contribution is 5.67. The van der Waals surface area contributed by atoms with Crippen LogP contribution < -0.4 is 10.2 Å². The number of nitrogens with one attached hydrogen (secondary N) is 1. The average molecular weight is 332 g/mol. The summed E-state index contributed by atoms with van der Waals surface area (Å²) in [5.74, 6) is 2.51. The van der Waals surface area contributed by atoms with E-state index < -0.39 is 5.60 Å². The molecule has 1 aromatic heterocycles. The summed E-state index contributed by atoms with van der Waals surface area (Å²) in [7, 11) is 0. The average Bonchev–Trinajstić information content (AvgIpc) is 3.37. The van der Waals surface area contributed by atoms with Gasteiger partial charge in [0.1, 0.15) is 17.2 Å². The summed E-state index contributed by atoms with van der Waals surface area (Å²) in [4.78, 5) is 23.4. The van der Waals surface area contributed by atoms with Crippen LogP contribution in [-0.4, -0.2) is 40.8 Å². The SMILES string of the molecule is CC(C)(C)OC(=O)NCC1CCCCN1c1ccnc(C2CC2)n1. The molecule has 1 aromatic rings. The highest BCUT2D eigenvalue weighted by atomic mass is 16.6. The van der Waals surface area contributed by atoms with Crippen molar-refractivity contribution in [1.29, 1.82) is 0 Å². The van der Waals surface area contributed by atoms with Crippen molar-refractivity contribution in [2.75, 3.05) is 18.0 Å². The van der Waals surface area contributed by atoms with Gasteiger partial charge < -0.3 is 15.0 Å². The van der Waals surface area contributed by atoms with Gasteiger partial charge in [-0.25, -0.2) is 14.8 Å². The van der Waals surface area contributed by atoms with Crippen LogP contribution in [0.2, 0.25) is 0 Å². The van der Waals surface area contributed by atoms with Gasteiger partial charge in [-0.05, 0) is 58.9 Å². The molecule has 24 heavy (non-hydrogen) atoms. The van der Waals surface area contributed by atoms with E-state index in [9.17, 15) is 4.79 Å². The molecule has 1 unspecified atom stereocenters. The molecule has 1 aliphatic heterocycles. The van der Waals surface area contributed by atoms with E-state index in [2.05, 4.69) is 15.2 Å². The first-order chi connectivity index (χ1) is 11.4. The number of piperidine rings is 1. The summed E-state index contributed by atoms with van der Waals surface area (Å²) in [6, 6.07) is 2.24. The topological polar surface area (TPSA) is 67.3 Å². The molecule has 1 aliphatic carbocycles. The third kappa shape index (κ3) is 4.58. The van der Waals surface area contributed by atoms with Crippen LogP contribution >= 0.6 is 0 Å². The summed E-state index contributed by atoms with van der Waals surface area (Å²) in [6.07, 6.45) is 7.31. The summed E-state index contributed by atoms with van der Waals surface area (Å²) in [5, 5.41) is 2.91. The van der Waals surface area contributed by atoms with Crippen LogP contribution in [0.15, 0.2) is 12.3 Å². The minimum absolute atomic E-state index is 0.258. The molecule has 1 saturated carbocycles. The van der Waals surface area contributed by atoms with E-state index in [4.69, 9.17) is 9.72 Å². The quantitative estimate of drug-likeness (QED) is 0.917. The Balaban J connectivity index is 1.63. The van der Waals surface area contributed by atoms with Gasteiger partial charge >= 0.3 is 6.09 Å². The molecule has 0 spiro atoms. The fourth-order valence-electron chi connectivity index (χ4n) is 3.09. The molecule has 1 amide bonds. The Morgan fingerprint density at radius 3 is 2.83 bits per heavy atom. The Morgan fingerprint density at radius 2 is 2.12 bits per heavy atom. The minimum Gasteiger partial charge on any atom is -0.444 e. The standard InChI is InChI=1S/C18H28N4O2/c1-18(2,3)24-17(23)20-12-14-6-4-5-11-22(14)15-9-10-19-16(21-15)13-7-8-13/h9-10,13-14H,4-8,11-12H2,1-3H3,(H,20,23). The van der Waals surface area contributed by atoms with E-state index in [0.29, 0.717) is 12.5 Å². The lowest BCUT2D eigenvalue weighted by molar-refractivity contribution is 0.0523. The number of hydrogen-bond donors (Lipinski definition) is 1. The number of amides is 1. The molecule has 3 rings (SSSR count). The van der Waals surface area contributed by atoms with E-state index in [1.54, 1.807) is 0 Å². The van der Waals surface area contributed by atoms with Crippen molar-refractivity contribution in [2.45, 2.75) is 70.4 Å². The van der Waals surface area contributed by atoms with Gasteiger partial charge in [0.15, 0.2) is 0 Å². The molecule has 1 N–H and O–H groups in total. The zero-order valence-corrected chi connectivity index (χ0v) is 14.9. The summed E-state index contributed by atoms with van der Waals surface area (Å²) < 4.78 is 5.33. The molecule has 1 atom stereocenters. The van der Waals surface area contributed by atoms with Gasteiger partial charge in [0.25, 0.3) is 0 Å². The Labute approximate surface area is 144 Å². The van der Waals surface area contributed by atoms with Crippen molar-refractivity contribution >= 4 is 11.9 Å². The number of anilines is 1. The fourth-order valence-corrected chi connectivity index (χ4v) is 3.09. The molecule has 0 bridgehead atoms. The molecule has 2 fully saturated rings. The van der Waals surface area contributed by atoms with Crippen molar-refractivity contribution in [3.63, 3.8) is 0 Å². The number of aromatic nitrogens is 2. The van der Waals surface area contributed by atoms with Crippen LogP contribution in [0.1, 0.15) is 64.6 Å². The fraction of sp³-hybridized carbons (Fsp3) is 0.722. The van der Waals surface area contributed by atoms with Crippen LogP contribution in [0.25, 0.3) is 0 Å². The molecule has 2 heterocycles. The number of carbonyl (C=O) groups is 1. The first kappa shape index (κ1) is 17.0. The Kier molecular flexibility index (Phi) is 4.92. The normalized spacial score (nSPS) is 21.5. The number of nitrogens with zero attached hydrogens (tertiary/aromatic N) is 3. The Hall–Kier alpha value is -1.85. The van der Waals surface area contributed by atoms with Gasteiger partial charge in [-0.15, -0.1) is 0 Å². The monoisotopic (exact) mass is 332 g/mol. The lowest BCUT2D eigenvalue weighted by atomic mass is 10.0. The van der Waals surface area contributed by atoms with Crippen LogP contribution in [0, 0.1) is 0 Å². The van der Waals surface area contributed by atoms with Gasteiger partial charge in [-0.1, -0.05) is 0 Å². The third-order valence-electron chi connectivity index (χ3n) is 4.40. The van der Waals surface area contributed by atoms with Gasteiger partial charge in [0.2, 0.25) is 0 Å². The molecule has 1 saturated heterocycles. The first-order valence-corrected chi connectivity index (χ1v) is 8.99. The number of carbonyl (C=O) groups excluding carboxylic acids is 1. The molecule has 132 valence electrons. The smallest absolute Gasteiger partial charge is 0.407 e. The maximum absolute atomic E-state index is 11.9. The van der Waals surface area contributed by atoms with Gasteiger partial charge in [0.05, 0.1) is 0 Å². The van der Waals surface area contributed by atoms with Gasteiger partial charge in [-0.2, -0.15) is 0 Å². The molecular formula is C18H28N4O2. The van der Waals surface area contributed by atoms with Crippen LogP contribution in [0.4, 0.5) is 10.6 Å². The summed E-state index contributed by atoms with van der Waals surface area (Å²) in [6.45, 7) is 7.18. The highest BCUT2D eigenvalue weighted by Crippen LogP contribution is 2.38. The third-order valence-corrected chi connectivity index (χ3v) is 4.40. The molecular weight excluding hydrogens is 304 g/mol. The zero-order chi connectivity index (χ0) is 17.2. The van der Waals surface area contributed by atoms with E-state index in [0.717, 1.165) is 31.0 Å². The molecule has 6 nitrogen and oxygen atoms in total. The number of alkyl carbamates (subject to hydrolysis) is 1. The van der Waals surface area contributed by atoms with E-state index in [-0.39, 0.29) is 12.1 Å². The van der Waals surface area contributed by atoms with Gasteiger partial charge in [-0.3, -0.25) is 0 Å². The van der Waals surface area contributed by atoms with Crippen LogP contribution in [0.5, 0.6) is 0 Å². The van der Waals surface area contributed by atoms with E-state index >= 15 is 0 Å². The Morgan fingerprint density at radius 1 is 1.33 bits per heavy atom. The second-order valence-electron chi connectivity index (χ2n) is 7.77. The largest absolute Gasteiger partial charge is 0.444 e. The maximum Gasteiger partial charge on any atom is 0.407 e. The minimum atomic E-state index is -0.470. The van der Waals surface area contributed by atoms with Crippen LogP contribution in [-0.2, 0) is 4.74 Å². The lowest BCUT2D eigenvalue weighted by Gasteiger charge is -2.37. The molecule has 2 aliphatic rings. The van der Waals surface area contributed by atoms with Crippen molar-refractivity contribution in [2.24, 2.45) is 0 Å². The van der Waals surface area contributed by atoms with Crippen molar-refractivity contribution in [3.05, 3.63) is 18.1 Å². The van der Waals surface area contributed by atoms with E-state index in [1.807, 2.05) is 33.0 Å². The predicted octanol–water partition coefficient (Wildman–Crippen LogP) is 3.24. The summed E-state index contributed by atoms with van der Waals surface area (Å²) in [5.41, 5.74) is -0.470. The molecule has 0 aromatic carbocycles. The van der Waals surface area contributed by atoms with Crippen molar-refractivity contribution in [1.82, 2.24) is 15.3 Å². The van der Waals surface area contributed by atoms with Crippen molar-refractivity contribution < 1.29 is 9.53 Å². The second kappa shape index (κ2) is 6.95. The summed E-state index contributed by atoms with van der Waals surface area (Å²) >= 11 is 0. The maximum atomic E-state index is 11.9. The second-order valence-corrected chi connectivity index (χ2v) is 7.77. The van der Waals surface area contributed by atoms with Gasteiger partial charge in [0, 0.05) is 31.2 Å². The lowest BCUT2D eigenvalue weighted by Crippen LogP contribution is -2.48. The first-order valence-electron chi connectivity index (χ1n) is 8.99. The number of ether oxygens (including phenoxy) is 1. The van der Waals surface area contributed by atoms with Crippen LogP contribution in [0.3, 0.4) is 0 Å². The Bertz CT molecular complexity index is 581. The van der Waals surface area contributed by atoms with Crippen molar-refractivity contribution in [3.8, 4) is 0 Å². The zero-order valence-electron chi connectivity index (χ0n) is 14.9.